The summed E-state index contributed by atoms with van der Waals surface area (Å²) in [5.41, 5.74) is 3.99. The Labute approximate surface area is 141 Å². The molecule has 0 aliphatic carbocycles. The molecular weight excluding hydrogens is 302 g/mol. The summed E-state index contributed by atoms with van der Waals surface area (Å²) in [6, 6.07) is 15.6. The van der Waals surface area contributed by atoms with Gasteiger partial charge in [-0.2, -0.15) is 0 Å². The molecule has 0 radical (unpaired) electrons. The number of aliphatic hydroxyl groups is 1. The van der Waals surface area contributed by atoms with E-state index < -0.39 is 0 Å². The van der Waals surface area contributed by atoms with Gasteiger partial charge < -0.3 is 15.2 Å². The quantitative estimate of drug-likeness (QED) is 0.728. The summed E-state index contributed by atoms with van der Waals surface area (Å²) in [6.07, 6.45) is 4.24. The van der Waals surface area contributed by atoms with Gasteiger partial charge >= 0.3 is 0 Å². The van der Waals surface area contributed by atoms with Gasteiger partial charge in [0.05, 0.1) is 7.11 Å². The molecule has 1 heterocycles. The maximum absolute atomic E-state index is 8.93. The predicted octanol–water partition coefficient (Wildman–Crippen LogP) is 3.43. The Morgan fingerprint density at radius 2 is 1.58 bits per heavy atom. The summed E-state index contributed by atoms with van der Waals surface area (Å²) in [4.78, 5) is 8.72. The average Bonchev–Trinajstić information content (AvgIpc) is 2.64. The van der Waals surface area contributed by atoms with E-state index in [-0.39, 0.29) is 6.61 Å². The summed E-state index contributed by atoms with van der Waals surface area (Å²) in [6.45, 7) is 0.155. The number of hydrogen-bond donors (Lipinski definition) is 2. The molecule has 2 aromatic carbocycles. The summed E-state index contributed by atoms with van der Waals surface area (Å²) >= 11 is 0. The highest BCUT2D eigenvalue weighted by atomic mass is 16.5. The molecule has 0 unspecified atom stereocenters. The largest absolute Gasteiger partial charge is 0.497 e. The Kier molecular flexibility index (Phi) is 5.03. The number of hydrogen-bond acceptors (Lipinski definition) is 5. The molecule has 24 heavy (non-hydrogen) atoms. The van der Waals surface area contributed by atoms with E-state index in [2.05, 4.69) is 15.3 Å². The lowest BCUT2D eigenvalue weighted by molar-refractivity contribution is 0.299. The predicted molar refractivity (Wildman–Crippen MR) is 94.5 cm³/mol. The van der Waals surface area contributed by atoms with E-state index in [0.717, 1.165) is 28.1 Å². The highest BCUT2D eigenvalue weighted by molar-refractivity contribution is 5.63. The van der Waals surface area contributed by atoms with Crippen LogP contribution in [0.3, 0.4) is 0 Å². The molecule has 5 heteroatoms. The number of methoxy groups -OCH3 is 1. The molecule has 0 atom stereocenters. The third-order valence-electron chi connectivity index (χ3n) is 3.69. The molecule has 122 valence electrons. The van der Waals surface area contributed by atoms with Crippen molar-refractivity contribution < 1.29 is 9.84 Å². The number of benzene rings is 2. The van der Waals surface area contributed by atoms with Crippen molar-refractivity contribution in [2.45, 2.75) is 6.42 Å². The van der Waals surface area contributed by atoms with Gasteiger partial charge in [0.25, 0.3) is 0 Å². The van der Waals surface area contributed by atoms with Crippen LogP contribution in [0.2, 0.25) is 0 Å². The van der Waals surface area contributed by atoms with E-state index in [1.807, 2.05) is 48.5 Å². The third kappa shape index (κ3) is 3.88. The first-order chi connectivity index (χ1) is 11.8. The van der Waals surface area contributed by atoms with Crippen LogP contribution in [0.25, 0.3) is 11.1 Å². The van der Waals surface area contributed by atoms with E-state index in [1.165, 1.54) is 0 Å². The van der Waals surface area contributed by atoms with Gasteiger partial charge in [-0.3, -0.25) is 0 Å². The van der Waals surface area contributed by atoms with E-state index in [4.69, 9.17) is 9.84 Å². The maximum Gasteiger partial charge on any atom is 0.227 e. The maximum atomic E-state index is 8.93. The Bertz CT molecular complexity index is 769. The van der Waals surface area contributed by atoms with E-state index in [9.17, 15) is 0 Å². The first-order valence-corrected chi connectivity index (χ1v) is 7.72. The number of nitrogens with one attached hydrogen (secondary N) is 1. The first-order valence-electron chi connectivity index (χ1n) is 7.72. The third-order valence-corrected chi connectivity index (χ3v) is 3.69. The van der Waals surface area contributed by atoms with Crippen LogP contribution in [0.5, 0.6) is 5.75 Å². The topological polar surface area (TPSA) is 67.3 Å². The molecule has 0 bridgehead atoms. The van der Waals surface area contributed by atoms with Crippen molar-refractivity contribution in [2.24, 2.45) is 0 Å². The molecule has 0 spiro atoms. The zero-order valence-corrected chi connectivity index (χ0v) is 13.4. The van der Waals surface area contributed by atoms with Gasteiger partial charge in [-0.15, -0.1) is 0 Å². The van der Waals surface area contributed by atoms with Crippen LogP contribution in [0.15, 0.2) is 60.9 Å². The minimum Gasteiger partial charge on any atom is -0.497 e. The van der Waals surface area contributed by atoms with Crippen LogP contribution >= 0.6 is 0 Å². The highest BCUT2D eigenvalue weighted by Crippen LogP contribution is 2.22. The van der Waals surface area contributed by atoms with E-state index >= 15 is 0 Å². The monoisotopic (exact) mass is 321 g/mol. The minimum atomic E-state index is 0.155. The summed E-state index contributed by atoms with van der Waals surface area (Å²) in [7, 11) is 1.65. The van der Waals surface area contributed by atoms with Crippen LogP contribution in [-0.4, -0.2) is 28.8 Å². The van der Waals surface area contributed by atoms with Gasteiger partial charge in [-0.25, -0.2) is 9.97 Å². The van der Waals surface area contributed by atoms with Gasteiger partial charge in [0.1, 0.15) is 5.75 Å². The fourth-order valence-electron chi connectivity index (χ4n) is 2.34. The number of nitrogens with zero attached hydrogens (tertiary/aromatic N) is 2. The minimum absolute atomic E-state index is 0.155. The zero-order chi connectivity index (χ0) is 16.8. The molecule has 0 aliphatic heterocycles. The second-order valence-corrected chi connectivity index (χ2v) is 5.32. The molecule has 1 aromatic heterocycles. The van der Waals surface area contributed by atoms with Crippen molar-refractivity contribution in [3.05, 3.63) is 66.5 Å². The fourth-order valence-corrected chi connectivity index (χ4v) is 2.34. The Morgan fingerprint density at radius 1 is 0.917 bits per heavy atom. The number of ether oxygens (including phenoxy) is 1. The molecule has 0 fully saturated rings. The van der Waals surface area contributed by atoms with Crippen molar-refractivity contribution in [1.29, 1.82) is 0 Å². The lowest BCUT2D eigenvalue weighted by Crippen LogP contribution is -1.97. The summed E-state index contributed by atoms with van der Waals surface area (Å²) in [5, 5.41) is 12.1. The van der Waals surface area contributed by atoms with Crippen molar-refractivity contribution >= 4 is 11.6 Å². The molecule has 5 nitrogen and oxygen atoms in total. The van der Waals surface area contributed by atoms with Gasteiger partial charge in [-0.05, 0) is 41.8 Å². The summed E-state index contributed by atoms with van der Waals surface area (Å²) < 4.78 is 5.16. The SMILES string of the molecule is COc1ccc(-c2cnc(Nc3ccc(CCO)cc3)nc2)cc1. The normalized spacial score (nSPS) is 10.4. The Balaban J connectivity index is 1.69. The molecule has 0 amide bonds. The smallest absolute Gasteiger partial charge is 0.227 e. The molecule has 3 rings (SSSR count). The van der Waals surface area contributed by atoms with Crippen molar-refractivity contribution in [1.82, 2.24) is 9.97 Å². The molecule has 2 N–H and O–H groups in total. The van der Waals surface area contributed by atoms with E-state index in [1.54, 1.807) is 19.5 Å². The molecule has 0 saturated heterocycles. The second kappa shape index (κ2) is 7.57. The molecular formula is C19H19N3O2. The van der Waals surface area contributed by atoms with Crippen molar-refractivity contribution in [3.8, 4) is 16.9 Å². The number of anilines is 2. The molecule has 0 aliphatic rings. The second-order valence-electron chi connectivity index (χ2n) is 5.32. The number of rotatable bonds is 6. The molecule has 0 saturated carbocycles. The van der Waals surface area contributed by atoms with Crippen molar-refractivity contribution in [3.63, 3.8) is 0 Å². The van der Waals surface area contributed by atoms with Gasteiger partial charge in [0.15, 0.2) is 0 Å². The standard InChI is InChI=1S/C19H19N3O2/c1-24-18-8-4-15(5-9-18)16-12-20-19(21-13-16)22-17-6-2-14(3-7-17)10-11-23/h2-9,12-13,23H,10-11H2,1H3,(H,20,21,22). The van der Waals surface area contributed by atoms with E-state index in [0.29, 0.717) is 12.4 Å². The van der Waals surface area contributed by atoms with Gasteiger partial charge in [0, 0.05) is 30.3 Å². The lowest BCUT2D eigenvalue weighted by atomic mass is 10.1. The highest BCUT2D eigenvalue weighted by Gasteiger charge is 2.02. The van der Waals surface area contributed by atoms with Crippen LogP contribution in [0, 0.1) is 0 Å². The van der Waals surface area contributed by atoms with Crippen LogP contribution in [0.4, 0.5) is 11.6 Å². The van der Waals surface area contributed by atoms with Crippen LogP contribution < -0.4 is 10.1 Å². The number of aliphatic hydroxyl groups excluding tert-OH is 1. The lowest BCUT2D eigenvalue weighted by Gasteiger charge is -2.07. The summed E-state index contributed by atoms with van der Waals surface area (Å²) in [5.74, 6) is 1.37. The van der Waals surface area contributed by atoms with Crippen LogP contribution in [0.1, 0.15) is 5.56 Å². The first kappa shape index (κ1) is 16.0. The fraction of sp³-hybridized carbons (Fsp3) is 0.158. The average molecular weight is 321 g/mol. The molecule has 3 aromatic rings. The Hall–Kier alpha value is -2.92. The van der Waals surface area contributed by atoms with Gasteiger partial charge in [-0.1, -0.05) is 24.3 Å². The zero-order valence-electron chi connectivity index (χ0n) is 13.4. The van der Waals surface area contributed by atoms with Crippen molar-refractivity contribution in [2.75, 3.05) is 19.0 Å². The van der Waals surface area contributed by atoms with Crippen LogP contribution in [-0.2, 0) is 6.42 Å². The number of aromatic nitrogens is 2. The van der Waals surface area contributed by atoms with Gasteiger partial charge in [0.2, 0.25) is 5.95 Å². The Morgan fingerprint density at radius 3 is 2.17 bits per heavy atom.